The maximum atomic E-state index is 11.9. The van der Waals surface area contributed by atoms with Gasteiger partial charge in [-0.1, -0.05) is 18.2 Å². The number of rotatable bonds is 3. The second-order valence-corrected chi connectivity index (χ2v) is 4.41. The summed E-state index contributed by atoms with van der Waals surface area (Å²) in [6.07, 6.45) is 0. The minimum atomic E-state index is -0.373. The first-order valence-corrected chi connectivity index (χ1v) is 6.41. The number of fused-ring (bicyclic) bond motifs is 1. The van der Waals surface area contributed by atoms with Gasteiger partial charge < -0.3 is 15.0 Å². The van der Waals surface area contributed by atoms with Crippen molar-refractivity contribution in [2.75, 3.05) is 17.7 Å². The van der Waals surface area contributed by atoms with Crippen LogP contribution in [0.2, 0.25) is 0 Å². The summed E-state index contributed by atoms with van der Waals surface area (Å²) in [6.45, 7) is 0. The number of nitrogens with zero attached hydrogens (tertiary/aromatic N) is 1. The van der Waals surface area contributed by atoms with E-state index in [1.54, 1.807) is 25.3 Å². The Morgan fingerprint density at radius 2 is 2.00 bits per heavy atom. The fourth-order valence-electron chi connectivity index (χ4n) is 1.98. The van der Waals surface area contributed by atoms with Crippen molar-refractivity contribution in [1.29, 1.82) is 0 Å². The van der Waals surface area contributed by atoms with Gasteiger partial charge in [0.25, 0.3) is 0 Å². The minimum absolute atomic E-state index is 0.373. The number of aromatic nitrogens is 2. The Hall–Kier alpha value is -3.02. The van der Waals surface area contributed by atoms with E-state index in [0.717, 1.165) is 11.0 Å². The summed E-state index contributed by atoms with van der Waals surface area (Å²) in [5.41, 5.74) is 2.31. The number of para-hydroxylation sites is 2. The van der Waals surface area contributed by atoms with Crippen molar-refractivity contribution in [3.05, 3.63) is 48.5 Å². The first kappa shape index (κ1) is 13.0. The van der Waals surface area contributed by atoms with Crippen LogP contribution >= 0.6 is 0 Å². The zero-order chi connectivity index (χ0) is 14.7. The molecule has 0 radical (unpaired) electrons. The summed E-state index contributed by atoms with van der Waals surface area (Å²) in [4.78, 5) is 19.2. The smallest absolute Gasteiger partial charge is 0.326 e. The number of imidazole rings is 1. The lowest BCUT2D eigenvalue weighted by atomic mass is 10.3. The van der Waals surface area contributed by atoms with Crippen molar-refractivity contribution in [2.24, 2.45) is 0 Å². The number of amides is 2. The third-order valence-electron chi connectivity index (χ3n) is 2.95. The summed E-state index contributed by atoms with van der Waals surface area (Å²) in [5, 5.41) is 5.38. The van der Waals surface area contributed by atoms with Gasteiger partial charge in [0, 0.05) is 11.8 Å². The lowest BCUT2D eigenvalue weighted by molar-refractivity contribution is 0.262. The average Bonchev–Trinajstić information content (AvgIpc) is 2.89. The monoisotopic (exact) mass is 282 g/mol. The standard InChI is InChI=1S/C15H14N4O2/c1-21-11-6-4-5-10(9-11)16-15(20)19-14-17-12-7-2-3-8-13(12)18-14/h2-9H,1H3,(H3,16,17,18,19,20). The summed E-state index contributed by atoms with van der Waals surface area (Å²) in [7, 11) is 1.58. The summed E-state index contributed by atoms with van der Waals surface area (Å²) in [6, 6.07) is 14.3. The third-order valence-corrected chi connectivity index (χ3v) is 2.95. The number of urea groups is 1. The second kappa shape index (κ2) is 5.54. The van der Waals surface area contributed by atoms with Crippen LogP contribution in [-0.4, -0.2) is 23.1 Å². The molecule has 106 valence electrons. The highest BCUT2D eigenvalue weighted by atomic mass is 16.5. The first-order chi connectivity index (χ1) is 10.2. The predicted octanol–water partition coefficient (Wildman–Crippen LogP) is 3.22. The van der Waals surface area contributed by atoms with Crippen LogP contribution in [0.3, 0.4) is 0 Å². The topological polar surface area (TPSA) is 79.0 Å². The molecular formula is C15H14N4O2. The summed E-state index contributed by atoms with van der Waals surface area (Å²) < 4.78 is 5.10. The van der Waals surface area contributed by atoms with E-state index < -0.39 is 0 Å². The second-order valence-electron chi connectivity index (χ2n) is 4.41. The Bertz CT molecular complexity index is 749. The number of H-pyrrole nitrogens is 1. The number of anilines is 2. The molecule has 6 nitrogen and oxygen atoms in total. The zero-order valence-electron chi connectivity index (χ0n) is 11.4. The predicted molar refractivity (Wildman–Crippen MR) is 81.7 cm³/mol. The van der Waals surface area contributed by atoms with E-state index in [1.165, 1.54) is 0 Å². The van der Waals surface area contributed by atoms with Gasteiger partial charge in [-0.2, -0.15) is 0 Å². The van der Waals surface area contributed by atoms with Gasteiger partial charge in [-0.15, -0.1) is 0 Å². The highest BCUT2D eigenvalue weighted by Gasteiger charge is 2.07. The highest BCUT2D eigenvalue weighted by Crippen LogP contribution is 2.17. The molecule has 0 aliphatic carbocycles. The Morgan fingerprint density at radius 3 is 2.81 bits per heavy atom. The summed E-state index contributed by atoms with van der Waals surface area (Å²) >= 11 is 0. The molecule has 3 aromatic rings. The molecule has 0 saturated heterocycles. The number of hydrogen-bond donors (Lipinski definition) is 3. The van der Waals surface area contributed by atoms with Gasteiger partial charge in [0.1, 0.15) is 5.75 Å². The molecule has 0 saturated carbocycles. The average molecular weight is 282 g/mol. The molecule has 3 N–H and O–H groups in total. The zero-order valence-corrected chi connectivity index (χ0v) is 11.4. The molecular weight excluding hydrogens is 268 g/mol. The molecule has 2 aromatic carbocycles. The number of methoxy groups -OCH3 is 1. The van der Waals surface area contributed by atoms with Gasteiger partial charge in [0.15, 0.2) is 0 Å². The first-order valence-electron chi connectivity index (χ1n) is 6.41. The van der Waals surface area contributed by atoms with Gasteiger partial charge in [0.2, 0.25) is 5.95 Å². The lowest BCUT2D eigenvalue weighted by Crippen LogP contribution is -2.20. The normalized spacial score (nSPS) is 10.3. The number of aromatic amines is 1. The Kier molecular flexibility index (Phi) is 3.42. The number of hydrogen-bond acceptors (Lipinski definition) is 3. The number of carbonyl (C=O) groups excluding carboxylic acids is 1. The van der Waals surface area contributed by atoms with Crippen LogP contribution in [0.1, 0.15) is 0 Å². The Morgan fingerprint density at radius 1 is 1.14 bits per heavy atom. The molecule has 1 heterocycles. The molecule has 0 aliphatic rings. The van der Waals surface area contributed by atoms with E-state index in [1.807, 2.05) is 30.3 Å². The number of carbonyl (C=O) groups is 1. The SMILES string of the molecule is COc1cccc(NC(=O)Nc2nc3ccccc3[nH]2)c1. The van der Waals surface area contributed by atoms with Gasteiger partial charge in [-0.25, -0.2) is 9.78 Å². The largest absolute Gasteiger partial charge is 0.497 e. The molecule has 2 amide bonds. The quantitative estimate of drug-likeness (QED) is 0.690. The molecule has 6 heteroatoms. The van der Waals surface area contributed by atoms with Crippen LogP contribution in [0.25, 0.3) is 11.0 Å². The molecule has 0 fully saturated rings. The minimum Gasteiger partial charge on any atom is -0.497 e. The Labute approximate surface area is 121 Å². The highest BCUT2D eigenvalue weighted by molar-refractivity contribution is 5.99. The lowest BCUT2D eigenvalue weighted by Gasteiger charge is -2.06. The van der Waals surface area contributed by atoms with Gasteiger partial charge in [-0.3, -0.25) is 5.32 Å². The van der Waals surface area contributed by atoms with E-state index in [0.29, 0.717) is 17.4 Å². The van der Waals surface area contributed by atoms with Gasteiger partial charge in [-0.05, 0) is 24.3 Å². The molecule has 21 heavy (non-hydrogen) atoms. The molecule has 0 unspecified atom stereocenters. The molecule has 1 aromatic heterocycles. The van der Waals surface area contributed by atoms with E-state index in [2.05, 4.69) is 20.6 Å². The van der Waals surface area contributed by atoms with E-state index in [9.17, 15) is 4.79 Å². The van der Waals surface area contributed by atoms with Crippen molar-refractivity contribution >= 4 is 28.7 Å². The molecule has 0 spiro atoms. The summed E-state index contributed by atoms with van der Waals surface area (Å²) in [5.74, 6) is 1.08. The molecule has 0 aliphatic heterocycles. The van der Waals surface area contributed by atoms with E-state index in [4.69, 9.17) is 4.74 Å². The number of ether oxygens (including phenoxy) is 1. The van der Waals surface area contributed by atoms with Gasteiger partial charge >= 0.3 is 6.03 Å². The molecule has 0 bridgehead atoms. The van der Waals surface area contributed by atoms with Crippen LogP contribution in [0.15, 0.2) is 48.5 Å². The van der Waals surface area contributed by atoms with Crippen LogP contribution in [0.4, 0.5) is 16.4 Å². The number of nitrogens with one attached hydrogen (secondary N) is 3. The van der Waals surface area contributed by atoms with Crippen LogP contribution in [-0.2, 0) is 0 Å². The van der Waals surface area contributed by atoms with E-state index >= 15 is 0 Å². The van der Waals surface area contributed by atoms with Crippen molar-refractivity contribution in [2.45, 2.75) is 0 Å². The fourth-order valence-corrected chi connectivity index (χ4v) is 1.98. The molecule has 0 atom stereocenters. The van der Waals surface area contributed by atoms with Crippen LogP contribution < -0.4 is 15.4 Å². The third kappa shape index (κ3) is 2.94. The van der Waals surface area contributed by atoms with Crippen molar-refractivity contribution in [3.8, 4) is 5.75 Å². The van der Waals surface area contributed by atoms with Crippen LogP contribution in [0, 0.1) is 0 Å². The fraction of sp³-hybridized carbons (Fsp3) is 0.0667. The van der Waals surface area contributed by atoms with Crippen LogP contribution in [0.5, 0.6) is 5.75 Å². The maximum Gasteiger partial charge on any atom is 0.326 e. The van der Waals surface area contributed by atoms with Gasteiger partial charge in [0.05, 0.1) is 18.1 Å². The molecule has 3 rings (SSSR count). The Balaban J connectivity index is 1.70. The van der Waals surface area contributed by atoms with Crippen molar-refractivity contribution < 1.29 is 9.53 Å². The van der Waals surface area contributed by atoms with Crippen molar-refractivity contribution in [3.63, 3.8) is 0 Å². The van der Waals surface area contributed by atoms with Crippen molar-refractivity contribution in [1.82, 2.24) is 9.97 Å². The maximum absolute atomic E-state index is 11.9. The van der Waals surface area contributed by atoms with E-state index in [-0.39, 0.29) is 6.03 Å². The number of benzene rings is 2.